The zero-order valence-electron chi connectivity index (χ0n) is 15.8. The highest BCUT2D eigenvalue weighted by Gasteiger charge is 2.23. The average Bonchev–Trinajstić information content (AvgIpc) is 2.77. The van der Waals surface area contributed by atoms with E-state index in [4.69, 9.17) is 16.3 Å². The topological polar surface area (TPSA) is 62.7 Å². The number of para-hydroxylation sites is 2. The first-order chi connectivity index (χ1) is 14.1. The zero-order chi connectivity index (χ0) is 20.2. The van der Waals surface area contributed by atoms with Crippen molar-refractivity contribution in [1.29, 1.82) is 0 Å². The second kappa shape index (κ2) is 8.49. The molecule has 0 aliphatic carbocycles. The Balaban J connectivity index is 1.35. The van der Waals surface area contributed by atoms with Crippen LogP contribution in [0.4, 0.5) is 5.69 Å². The molecule has 3 aromatic rings. The highest BCUT2D eigenvalue weighted by molar-refractivity contribution is 6.30. The molecule has 1 aromatic heterocycles. The summed E-state index contributed by atoms with van der Waals surface area (Å²) in [6.07, 6.45) is 0. The van der Waals surface area contributed by atoms with Crippen LogP contribution in [0.5, 0.6) is 0 Å². The Morgan fingerprint density at radius 3 is 2.41 bits per heavy atom. The van der Waals surface area contributed by atoms with Crippen LogP contribution in [0.1, 0.15) is 10.4 Å². The van der Waals surface area contributed by atoms with Crippen LogP contribution in [0.3, 0.4) is 0 Å². The van der Waals surface area contributed by atoms with Gasteiger partial charge in [-0.2, -0.15) is 0 Å². The molecule has 2 aromatic carbocycles. The lowest BCUT2D eigenvalue weighted by Crippen LogP contribution is -2.49. The number of anilines is 1. The molecule has 0 radical (unpaired) electrons. The Morgan fingerprint density at radius 2 is 1.66 bits per heavy atom. The van der Waals surface area contributed by atoms with Crippen molar-refractivity contribution < 1.29 is 14.3 Å². The zero-order valence-corrected chi connectivity index (χ0v) is 16.5. The van der Waals surface area contributed by atoms with Gasteiger partial charge in [0.25, 0.3) is 5.91 Å². The number of nitrogens with zero attached hydrogens (tertiary/aromatic N) is 3. The van der Waals surface area contributed by atoms with Crippen LogP contribution in [0, 0.1) is 0 Å². The molecule has 0 spiro atoms. The molecule has 1 fully saturated rings. The summed E-state index contributed by atoms with van der Waals surface area (Å²) in [6.45, 7) is 2.38. The van der Waals surface area contributed by atoms with E-state index in [-0.39, 0.29) is 17.7 Å². The van der Waals surface area contributed by atoms with E-state index in [1.54, 1.807) is 17.0 Å². The summed E-state index contributed by atoms with van der Waals surface area (Å²) < 4.78 is 5.29. The lowest BCUT2D eigenvalue weighted by molar-refractivity contribution is -0.134. The van der Waals surface area contributed by atoms with Gasteiger partial charge in [0.15, 0.2) is 6.61 Å². The Morgan fingerprint density at radius 1 is 0.966 bits per heavy atom. The van der Waals surface area contributed by atoms with E-state index in [9.17, 15) is 9.59 Å². The van der Waals surface area contributed by atoms with Gasteiger partial charge >= 0.3 is 5.97 Å². The first-order valence-corrected chi connectivity index (χ1v) is 9.80. The minimum atomic E-state index is -0.582. The lowest BCUT2D eigenvalue weighted by atomic mass is 10.1. The van der Waals surface area contributed by atoms with E-state index in [1.165, 1.54) is 6.07 Å². The molecule has 29 heavy (non-hydrogen) atoms. The third-order valence-electron chi connectivity index (χ3n) is 4.99. The molecule has 7 heteroatoms. The maximum atomic E-state index is 12.5. The van der Waals surface area contributed by atoms with Gasteiger partial charge in [0.1, 0.15) is 5.15 Å². The predicted octanol–water partition coefficient (Wildman–Crippen LogP) is 3.39. The first-order valence-electron chi connectivity index (χ1n) is 9.42. The molecule has 0 bridgehead atoms. The van der Waals surface area contributed by atoms with Crippen molar-refractivity contribution >= 4 is 40.1 Å². The van der Waals surface area contributed by atoms with Crippen LogP contribution in [0.25, 0.3) is 10.9 Å². The Kier molecular flexibility index (Phi) is 5.62. The SMILES string of the molecule is O=C(OCC(=O)N1CCN(c2ccccc2)CC1)c1cc(Cl)nc2ccccc12. The van der Waals surface area contributed by atoms with Crippen LogP contribution < -0.4 is 4.90 Å². The van der Waals surface area contributed by atoms with Crippen LogP contribution >= 0.6 is 11.6 Å². The number of fused-ring (bicyclic) bond motifs is 1. The molecule has 1 aliphatic rings. The second-order valence-electron chi connectivity index (χ2n) is 6.79. The van der Waals surface area contributed by atoms with Crippen molar-refractivity contribution in [2.75, 3.05) is 37.7 Å². The largest absolute Gasteiger partial charge is 0.452 e. The number of hydrogen-bond acceptors (Lipinski definition) is 5. The van der Waals surface area contributed by atoms with Crippen molar-refractivity contribution in [3.8, 4) is 0 Å². The van der Waals surface area contributed by atoms with Gasteiger partial charge < -0.3 is 14.5 Å². The van der Waals surface area contributed by atoms with Crippen LogP contribution in [-0.4, -0.2) is 54.5 Å². The third kappa shape index (κ3) is 4.32. The van der Waals surface area contributed by atoms with Crippen LogP contribution in [0.2, 0.25) is 5.15 Å². The van der Waals surface area contributed by atoms with Gasteiger partial charge in [-0.15, -0.1) is 0 Å². The van der Waals surface area contributed by atoms with Crippen molar-refractivity contribution in [1.82, 2.24) is 9.88 Å². The Hall–Kier alpha value is -3.12. The lowest BCUT2D eigenvalue weighted by Gasteiger charge is -2.36. The summed E-state index contributed by atoms with van der Waals surface area (Å²) in [7, 11) is 0. The number of aromatic nitrogens is 1. The fraction of sp³-hybridized carbons (Fsp3) is 0.227. The predicted molar refractivity (Wildman–Crippen MR) is 112 cm³/mol. The number of pyridine rings is 1. The van der Waals surface area contributed by atoms with Gasteiger partial charge in [-0.05, 0) is 24.3 Å². The number of piperazine rings is 1. The molecular weight excluding hydrogens is 390 g/mol. The van der Waals surface area contributed by atoms with Crippen LogP contribution in [0.15, 0.2) is 60.7 Å². The van der Waals surface area contributed by atoms with Gasteiger partial charge in [-0.3, -0.25) is 4.79 Å². The highest BCUT2D eigenvalue weighted by atomic mass is 35.5. The van der Waals surface area contributed by atoms with Gasteiger partial charge in [0, 0.05) is 37.3 Å². The number of amides is 1. The standard InChI is InChI=1S/C22H20ClN3O3/c23-20-14-18(17-8-4-5-9-19(17)24-20)22(28)29-15-21(27)26-12-10-25(11-13-26)16-6-2-1-3-7-16/h1-9,14H,10-13,15H2. The first kappa shape index (κ1) is 19.2. The Labute approximate surface area is 173 Å². The average molecular weight is 410 g/mol. The van der Waals surface area contributed by atoms with E-state index in [0.717, 1.165) is 18.8 Å². The maximum absolute atomic E-state index is 12.5. The quantitative estimate of drug-likeness (QED) is 0.488. The van der Waals surface area contributed by atoms with Crippen molar-refractivity contribution in [2.24, 2.45) is 0 Å². The van der Waals surface area contributed by atoms with E-state index >= 15 is 0 Å². The molecule has 4 rings (SSSR count). The third-order valence-corrected chi connectivity index (χ3v) is 5.18. The van der Waals surface area contributed by atoms with Crippen molar-refractivity contribution in [2.45, 2.75) is 0 Å². The highest BCUT2D eigenvalue weighted by Crippen LogP contribution is 2.22. The number of rotatable bonds is 4. The summed E-state index contributed by atoms with van der Waals surface area (Å²) >= 11 is 6.02. The van der Waals surface area contributed by atoms with E-state index in [1.807, 2.05) is 30.3 Å². The second-order valence-corrected chi connectivity index (χ2v) is 7.18. The smallest absolute Gasteiger partial charge is 0.339 e. The minimum Gasteiger partial charge on any atom is -0.452 e. The molecule has 0 unspecified atom stereocenters. The molecular formula is C22H20ClN3O3. The van der Waals surface area contributed by atoms with E-state index in [0.29, 0.717) is 29.6 Å². The number of carbonyl (C=O) groups is 2. The summed E-state index contributed by atoms with van der Waals surface area (Å²) in [4.78, 5) is 33.2. The number of hydrogen-bond donors (Lipinski definition) is 0. The molecule has 1 aliphatic heterocycles. The fourth-order valence-electron chi connectivity index (χ4n) is 3.46. The summed E-state index contributed by atoms with van der Waals surface area (Å²) in [5.41, 5.74) is 2.06. The number of halogens is 1. The molecule has 0 atom stereocenters. The Bertz CT molecular complexity index is 1030. The molecule has 148 valence electrons. The molecule has 0 saturated carbocycles. The number of benzene rings is 2. The van der Waals surface area contributed by atoms with Crippen LogP contribution in [-0.2, 0) is 9.53 Å². The van der Waals surface area contributed by atoms with Gasteiger partial charge in [0.2, 0.25) is 0 Å². The molecule has 1 amide bonds. The normalized spacial score (nSPS) is 14.1. The molecule has 0 N–H and O–H groups in total. The molecule has 2 heterocycles. The minimum absolute atomic E-state index is 0.199. The number of esters is 1. The monoisotopic (exact) mass is 409 g/mol. The maximum Gasteiger partial charge on any atom is 0.339 e. The van der Waals surface area contributed by atoms with Crippen molar-refractivity contribution in [3.63, 3.8) is 0 Å². The summed E-state index contributed by atoms with van der Waals surface area (Å²) in [5.74, 6) is -0.780. The van der Waals surface area contributed by atoms with Crippen molar-refractivity contribution in [3.05, 3.63) is 71.4 Å². The number of carbonyl (C=O) groups excluding carboxylic acids is 2. The van der Waals surface area contributed by atoms with E-state index in [2.05, 4.69) is 22.0 Å². The van der Waals surface area contributed by atoms with Gasteiger partial charge in [-0.1, -0.05) is 48.0 Å². The molecule has 6 nitrogen and oxygen atoms in total. The van der Waals surface area contributed by atoms with E-state index < -0.39 is 5.97 Å². The van der Waals surface area contributed by atoms with Gasteiger partial charge in [0.05, 0.1) is 11.1 Å². The summed E-state index contributed by atoms with van der Waals surface area (Å²) in [6, 6.07) is 18.8. The van der Waals surface area contributed by atoms with Gasteiger partial charge in [-0.25, -0.2) is 9.78 Å². The fourth-order valence-corrected chi connectivity index (χ4v) is 3.66. The summed E-state index contributed by atoms with van der Waals surface area (Å²) in [5, 5.41) is 0.852. The number of ether oxygens (including phenoxy) is 1. The molecule has 1 saturated heterocycles.